The molecule has 3 nitrogen and oxygen atoms in total. The van der Waals surface area contributed by atoms with E-state index in [1.807, 2.05) is 29.2 Å². The summed E-state index contributed by atoms with van der Waals surface area (Å²) in [4.78, 5) is 6.34. The van der Waals surface area contributed by atoms with Crippen LogP contribution >= 0.6 is 11.8 Å². The molecule has 2 aliphatic rings. The van der Waals surface area contributed by atoms with Crippen LogP contribution in [-0.2, 0) is 10.9 Å². The molecule has 0 unspecified atom stereocenters. The molecule has 0 radical (unpaired) electrons. The van der Waals surface area contributed by atoms with E-state index in [-0.39, 0.29) is 0 Å². The van der Waals surface area contributed by atoms with Crippen molar-refractivity contribution >= 4 is 23.1 Å². The van der Waals surface area contributed by atoms with Crippen LogP contribution < -0.4 is 4.90 Å². The Morgan fingerprint density at radius 1 is 0.926 bits per heavy atom. The molecule has 2 heterocycles. The van der Waals surface area contributed by atoms with Crippen molar-refractivity contribution in [3.05, 3.63) is 48.0 Å². The van der Waals surface area contributed by atoms with Crippen molar-refractivity contribution in [3.8, 4) is 0 Å². The van der Waals surface area contributed by atoms with Gasteiger partial charge in [-0.1, -0.05) is 23.9 Å². The van der Waals surface area contributed by atoms with Crippen molar-refractivity contribution in [2.75, 3.05) is 44.3 Å². The number of benzene rings is 2. The third-order valence-electron chi connectivity index (χ3n) is 4.91. The summed E-state index contributed by atoms with van der Waals surface area (Å²) < 4.78 is 45.1. The SMILES string of the molecule is FC(F)(F)c1ccc2c(c1)N(CCCN1CCOCC1)c1ccccc1S2. The highest BCUT2D eigenvalue weighted by Crippen LogP contribution is 2.49. The highest BCUT2D eigenvalue weighted by molar-refractivity contribution is 7.99. The van der Waals surface area contributed by atoms with E-state index < -0.39 is 11.7 Å². The first-order valence-corrected chi connectivity index (χ1v) is 9.90. The quantitative estimate of drug-likeness (QED) is 0.722. The third-order valence-corrected chi connectivity index (χ3v) is 6.04. The minimum absolute atomic E-state index is 0.598. The number of fused-ring (bicyclic) bond motifs is 2. The molecule has 0 N–H and O–H groups in total. The molecule has 2 aromatic rings. The number of para-hydroxylation sites is 1. The summed E-state index contributed by atoms with van der Waals surface area (Å²) in [6.45, 7) is 4.94. The molecule has 0 aliphatic carbocycles. The van der Waals surface area contributed by atoms with E-state index in [4.69, 9.17) is 4.74 Å². The average molecular weight is 394 g/mol. The number of hydrogen-bond acceptors (Lipinski definition) is 4. The number of hydrogen-bond donors (Lipinski definition) is 0. The molecule has 0 aromatic heterocycles. The summed E-state index contributed by atoms with van der Waals surface area (Å²) in [6.07, 6.45) is -3.45. The van der Waals surface area contributed by atoms with Crippen molar-refractivity contribution in [2.24, 2.45) is 0 Å². The fraction of sp³-hybridized carbons (Fsp3) is 0.400. The fourth-order valence-electron chi connectivity index (χ4n) is 3.52. The molecule has 0 saturated carbocycles. The largest absolute Gasteiger partial charge is 0.416 e. The molecule has 4 rings (SSSR count). The van der Waals surface area contributed by atoms with Gasteiger partial charge in [-0.3, -0.25) is 4.90 Å². The lowest BCUT2D eigenvalue weighted by Gasteiger charge is -2.34. The maximum atomic E-state index is 13.2. The topological polar surface area (TPSA) is 15.7 Å². The van der Waals surface area contributed by atoms with Gasteiger partial charge in [0.1, 0.15) is 0 Å². The zero-order valence-electron chi connectivity index (χ0n) is 14.8. The van der Waals surface area contributed by atoms with Crippen LogP contribution in [0.3, 0.4) is 0 Å². The summed E-state index contributed by atoms with van der Waals surface area (Å²) in [5, 5.41) is 0. The zero-order chi connectivity index (χ0) is 18.9. The van der Waals surface area contributed by atoms with Gasteiger partial charge < -0.3 is 9.64 Å². The minimum Gasteiger partial charge on any atom is -0.379 e. The van der Waals surface area contributed by atoms with Crippen LogP contribution in [0.25, 0.3) is 0 Å². The Kier molecular flexibility index (Phi) is 5.34. The van der Waals surface area contributed by atoms with Gasteiger partial charge in [0, 0.05) is 36.0 Å². The van der Waals surface area contributed by atoms with Gasteiger partial charge in [0.15, 0.2) is 0 Å². The summed E-state index contributed by atoms with van der Waals surface area (Å²) in [5.74, 6) is 0. The van der Waals surface area contributed by atoms with E-state index >= 15 is 0 Å². The zero-order valence-corrected chi connectivity index (χ0v) is 15.7. The van der Waals surface area contributed by atoms with E-state index in [2.05, 4.69) is 4.90 Å². The lowest BCUT2D eigenvalue weighted by molar-refractivity contribution is -0.137. The predicted molar refractivity (Wildman–Crippen MR) is 101 cm³/mol. The standard InChI is InChI=1S/C20H21F3N2OS/c21-20(22,23)15-6-7-19-17(14-15)25(16-4-1-2-5-18(16)27-19)9-3-8-24-10-12-26-13-11-24/h1-2,4-7,14H,3,8-13H2. The molecule has 0 bridgehead atoms. The summed E-state index contributed by atoms with van der Waals surface area (Å²) >= 11 is 1.53. The van der Waals surface area contributed by atoms with Gasteiger partial charge in [0.25, 0.3) is 0 Å². The molecule has 1 saturated heterocycles. The number of halogens is 3. The Bertz CT molecular complexity index is 806. The smallest absolute Gasteiger partial charge is 0.379 e. The van der Waals surface area contributed by atoms with Crippen molar-refractivity contribution in [2.45, 2.75) is 22.4 Å². The Balaban J connectivity index is 1.59. The average Bonchev–Trinajstić information content (AvgIpc) is 2.67. The monoisotopic (exact) mass is 394 g/mol. The Labute approximate surface area is 161 Å². The van der Waals surface area contributed by atoms with Crippen molar-refractivity contribution in [1.82, 2.24) is 4.90 Å². The molecule has 0 amide bonds. The van der Waals surface area contributed by atoms with E-state index in [1.165, 1.54) is 23.9 Å². The van der Waals surface area contributed by atoms with Crippen LogP contribution in [0.2, 0.25) is 0 Å². The van der Waals surface area contributed by atoms with Crippen LogP contribution in [0.15, 0.2) is 52.3 Å². The molecule has 144 valence electrons. The van der Waals surface area contributed by atoms with Gasteiger partial charge in [-0.05, 0) is 36.8 Å². The normalized spacial score (nSPS) is 17.5. The number of anilines is 2. The van der Waals surface area contributed by atoms with E-state index in [1.54, 1.807) is 6.07 Å². The van der Waals surface area contributed by atoms with E-state index in [0.29, 0.717) is 12.2 Å². The number of rotatable bonds is 4. The van der Waals surface area contributed by atoms with Crippen molar-refractivity contribution < 1.29 is 17.9 Å². The minimum atomic E-state index is -4.34. The Morgan fingerprint density at radius 3 is 2.44 bits per heavy atom. The molecule has 2 aliphatic heterocycles. The van der Waals surface area contributed by atoms with Crippen molar-refractivity contribution in [1.29, 1.82) is 0 Å². The molecule has 0 spiro atoms. The van der Waals surface area contributed by atoms with E-state index in [9.17, 15) is 13.2 Å². The fourth-order valence-corrected chi connectivity index (χ4v) is 4.60. The molecular weight excluding hydrogens is 373 g/mol. The van der Waals surface area contributed by atoms with Crippen molar-refractivity contribution in [3.63, 3.8) is 0 Å². The van der Waals surface area contributed by atoms with Gasteiger partial charge in [-0.25, -0.2) is 0 Å². The molecule has 1 fully saturated rings. The molecular formula is C20H21F3N2OS. The highest BCUT2D eigenvalue weighted by atomic mass is 32.2. The maximum Gasteiger partial charge on any atom is 0.416 e. The summed E-state index contributed by atoms with van der Waals surface area (Å²) in [5.41, 5.74) is 1.03. The lowest BCUT2D eigenvalue weighted by atomic mass is 10.1. The van der Waals surface area contributed by atoms with Gasteiger partial charge in [0.2, 0.25) is 0 Å². The van der Waals surface area contributed by atoms with Crippen LogP contribution in [0, 0.1) is 0 Å². The molecule has 0 atom stereocenters. The summed E-state index contributed by atoms with van der Waals surface area (Å²) in [7, 11) is 0. The Morgan fingerprint density at radius 2 is 1.67 bits per heavy atom. The lowest BCUT2D eigenvalue weighted by Crippen LogP contribution is -2.38. The maximum absolute atomic E-state index is 13.2. The first-order chi connectivity index (χ1) is 13.0. The third kappa shape index (κ3) is 4.10. The number of morpholine rings is 1. The second-order valence-corrected chi connectivity index (χ2v) is 7.79. The van der Waals surface area contributed by atoms with Gasteiger partial charge >= 0.3 is 6.18 Å². The first kappa shape index (κ1) is 18.7. The Hall–Kier alpha value is -1.70. The molecule has 7 heteroatoms. The van der Waals surface area contributed by atoms with Crippen LogP contribution in [0.5, 0.6) is 0 Å². The number of ether oxygens (including phenoxy) is 1. The number of alkyl halides is 3. The van der Waals surface area contributed by atoms with Crippen LogP contribution in [-0.4, -0.2) is 44.3 Å². The summed E-state index contributed by atoms with van der Waals surface area (Å²) in [6, 6.07) is 12.0. The highest BCUT2D eigenvalue weighted by Gasteiger charge is 2.33. The predicted octanol–water partition coefficient (Wildman–Crippen LogP) is 5.03. The van der Waals surface area contributed by atoms with Crippen LogP contribution in [0.4, 0.5) is 24.5 Å². The van der Waals surface area contributed by atoms with Gasteiger partial charge in [-0.2, -0.15) is 13.2 Å². The number of nitrogens with zero attached hydrogens (tertiary/aromatic N) is 2. The van der Waals surface area contributed by atoms with Crippen LogP contribution in [0.1, 0.15) is 12.0 Å². The second kappa shape index (κ2) is 7.73. The second-order valence-electron chi connectivity index (χ2n) is 6.71. The van der Waals surface area contributed by atoms with Gasteiger partial charge in [-0.15, -0.1) is 0 Å². The molecule has 27 heavy (non-hydrogen) atoms. The van der Waals surface area contributed by atoms with E-state index in [0.717, 1.165) is 54.7 Å². The van der Waals surface area contributed by atoms with Gasteiger partial charge in [0.05, 0.1) is 30.2 Å². The first-order valence-electron chi connectivity index (χ1n) is 9.08. The molecule has 2 aromatic carbocycles.